The average molecular weight is 211 g/mol. The van der Waals surface area contributed by atoms with Gasteiger partial charge in [-0.3, -0.25) is 0 Å². The van der Waals surface area contributed by atoms with E-state index in [4.69, 9.17) is 17.3 Å². The van der Waals surface area contributed by atoms with Gasteiger partial charge in [0.15, 0.2) is 0 Å². The quantitative estimate of drug-likeness (QED) is 0.602. The molecule has 0 bridgehead atoms. The summed E-state index contributed by atoms with van der Waals surface area (Å²) in [5.41, 5.74) is 4.40. The normalized spacial score (nSPS) is 10.8. The third-order valence-corrected chi connectivity index (χ3v) is 1.75. The van der Waals surface area contributed by atoms with Gasteiger partial charge in [0.05, 0.1) is 17.3 Å². The van der Waals surface area contributed by atoms with Crippen LogP contribution in [0, 0.1) is 5.95 Å². The number of halogens is 4. The van der Waals surface area contributed by atoms with Crippen LogP contribution in [0.5, 0.6) is 0 Å². The van der Waals surface area contributed by atoms with E-state index in [-0.39, 0.29) is 17.3 Å². The molecule has 0 radical (unpaired) electrons. The molecule has 0 saturated carbocycles. The van der Waals surface area contributed by atoms with Crippen molar-refractivity contribution in [3.8, 4) is 0 Å². The fourth-order valence-electron chi connectivity index (χ4n) is 0.877. The van der Waals surface area contributed by atoms with Gasteiger partial charge in [0, 0.05) is 11.6 Å². The summed E-state index contributed by atoms with van der Waals surface area (Å²) in [6.07, 6.45) is -2.82. The minimum atomic E-state index is -2.82. The molecule has 0 aliphatic heterocycles. The van der Waals surface area contributed by atoms with Gasteiger partial charge in [-0.1, -0.05) is 0 Å². The first-order chi connectivity index (χ1) is 6.06. The van der Waals surface area contributed by atoms with Crippen LogP contribution in [0.15, 0.2) is 6.07 Å². The lowest BCUT2D eigenvalue weighted by atomic mass is 10.2. The summed E-state index contributed by atoms with van der Waals surface area (Å²) in [5.74, 6) is -1.19. The van der Waals surface area contributed by atoms with Crippen LogP contribution in [0.25, 0.3) is 0 Å². The Morgan fingerprint density at radius 1 is 1.54 bits per heavy atom. The fourth-order valence-corrected chi connectivity index (χ4v) is 1.08. The molecule has 0 aliphatic carbocycles. The van der Waals surface area contributed by atoms with Crippen LogP contribution >= 0.6 is 11.6 Å². The van der Waals surface area contributed by atoms with Gasteiger partial charge >= 0.3 is 0 Å². The maximum Gasteiger partial charge on any atom is 0.266 e. The van der Waals surface area contributed by atoms with E-state index >= 15 is 0 Å². The van der Waals surface area contributed by atoms with Gasteiger partial charge in [0.2, 0.25) is 5.95 Å². The summed E-state index contributed by atoms with van der Waals surface area (Å²) in [7, 11) is 0. The molecule has 0 unspecified atom stereocenters. The van der Waals surface area contributed by atoms with E-state index in [1.807, 2.05) is 0 Å². The maximum atomic E-state index is 12.6. The highest BCUT2D eigenvalue weighted by Crippen LogP contribution is 2.27. The van der Waals surface area contributed by atoms with Gasteiger partial charge in [-0.05, 0) is 0 Å². The second kappa shape index (κ2) is 3.83. The standard InChI is InChI=1S/C7H6ClF3N2/c8-2-4-6(12)3(7(10)11)1-5(9)13-4/h1,7H,2,12H2. The monoisotopic (exact) mass is 210 g/mol. The predicted molar refractivity (Wildman–Crippen MR) is 43.1 cm³/mol. The Labute approximate surface area is 77.5 Å². The lowest BCUT2D eigenvalue weighted by molar-refractivity contribution is 0.151. The molecule has 6 heteroatoms. The minimum Gasteiger partial charge on any atom is -0.397 e. The van der Waals surface area contributed by atoms with Crippen molar-refractivity contribution in [1.82, 2.24) is 4.98 Å². The summed E-state index contributed by atoms with van der Waals surface area (Å²) in [6, 6.07) is 0.607. The molecule has 0 atom stereocenters. The zero-order valence-electron chi connectivity index (χ0n) is 6.40. The molecular weight excluding hydrogens is 205 g/mol. The third kappa shape index (κ3) is 2.03. The summed E-state index contributed by atoms with van der Waals surface area (Å²) in [5, 5.41) is 0. The molecule has 2 N–H and O–H groups in total. The van der Waals surface area contributed by atoms with Gasteiger partial charge < -0.3 is 5.73 Å². The first-order valence-electron chi connectivity index (χ1n) is 3.35. The Morgan fingerprint density at radius 3 is 2.62 bits per heavy atom. The van der Waals surface area contributed by atoms with Crippen molar-refractivity contribution in [2.24, 2.45) is 0 Å². The number of nitrogens with two attached hydrogens (primary N) is 1. The number of alkyl halides is 3. The van der Waals surface area contributed by atoms with Crippen LogP contribution in [-0.2, 0) is 5.88 Å². The van der Waals surface area contributed by atoms with Gasteiger partial charge in [-0.15, -0.1) is 11.6 Å². The maximum absolute atomic E-state index is 12.6. The van der Waals surface area contributed by atoms with E-state index in [1.54, 1.807) is 0 Å². The highest BCUT2D eigenvalue weighted by Gasteiger charge is 2.16. The molecule has 0 saturated heterocycles. The van der Waals surface area contributed by atoms with Crippen LogP contribution in [0.4, 0.5) is 18.9 Å². The molecule has 0 fully saturated rings. The van der Waals surface area contributed by atoms with Crippen LogP contribution in [0.2, 0.25) is 0 Å². The van der Waals surface area contributed by atoms with E-state index in [1.165, 1.54) is 0 Å². The Balaban J connectivity index is 3.27. The number of anilines is 1. The van der Waals surface area contributed by atoms with Gasteiger partial charge in [-0.25, -0.2) is 13.8 Å². The van der Waals surface area contributed by atoms with Crippen molar-refractivity contribution >= 4 is 17.3 Å². The average Bonchev–Trinajstić information content (AvgIpc) is 2.08. The van der Waals surface area contributed by atoms with E-state index in [0.717, 1.165) is 0 Å². The van der Waals surface area contributed by atoms with Crippen molar-refractivity contribution in [2.45, 2.75) is 12.3 Å². The summed E-state index contributed by atoms with van der Waals surface area (Å²) in [6.45, 7) is 0. The second-order valence-corrected chi connectivity index (χ2v) is 2.60. The van der Waals surface area contributed by atoms with Gasteiger partial charge in [0.1, 0.15) is 0 Å². The smallest absolute Gasteiger partial charge is 0.266 e. The van der Waals surface area contributed by atoms with Gasteiger partial charge in [-0.2, -0.15) is 4.39 Å². The fraction of sp³-hybridized carbons (Fsp3) is 0.286. The number of hydrogen-bond acceptors (Lipinski definition) is 2. The summed E-state index contributed by atoms with van der Waals surface area (Å²) in [4.78, 5) is 3.28. The van der Waals surface area contributed by atoms with Crippen molar-refractivity contribution in [3.63, 3.8) is 0 Å². The molecule has 2 nitrogen and oxygen atoms in total. The van der Waals surface area contributed by atoms with E-state index in [0.29, 0.717) is 6.07 Å². The SMILES string of the molecule is Nc1c(C(F)F)cc(F)nc1CCl. The molecule has 1 rings (SSSR count). The molecule has 0 aliphatic rings. The molecule has 13 heavy (non-hydrogen) atoms. The number of aromatic nitrogens is 1. The molecule has 1 aromatic heterocycles. The molecule has 1 aromatic rings. The Kier molecular flexibility index (Phi) is 2.98. The second-order valence-electron chi connectivity index (χ2n) is 2.33. The number of rotatable bonds is 2. The van der Waals surface area contributed by atoms with Gasteiger partial charge in [0.25, 0.3) is 6.43 Å². The Hall–Kier alpha value is -0.970. The highest BCUT2D eigenvalue weighted by molar-refractivity contribution is 6.17. The van der Waals surface area contributed by atoms with Crippen molar-refractivity contribution in [1.29, 1.82) is 0 Å². The number of nitrogens with zero attached hydrogens (tertiary/aromatic N) is 1. The molecule has 0 spiro atoms. The number of hydrogen-bond donors (Lipinski definition) is 1. The molecule has 0 aromatic carbocycles. The van der Waals surface area contributed by atoms with E-state index in [9.17, 15) is 13.2 Å². The van der Waals surface area contributed by atoms with E-state index < -0.39 is 17.9 Å². The number of pyridine rings is 1. The van der Waals surface area contributed by atoms with Crippen LogP contribution in [0.3, 0.4) is 0 Å². The lowest BCUT2D eigenvalue weighted by Gasteiger charge is -2.07. The predicted octanol–water partition coefficient (Wildman–Crippen LogP) is 2.48. The van der Waals surface area contributed by atoms with Crippen LogP contribution < -0.4 is 5.73 Å². The number of nitrogen functional groups attached to an aromatic ring is 1. The Bertz CT molecular complexity index is 317. The lowest BCUT2D eigenvalue weighted by Crippen LogP contribution is -2.03. The van der Waals surface area contributed by atoms with Crippen LogP contribution in [-0.4, -0.2) is 4.98 Å². The van der Waals surface area contributed by atoms with Crippen LogP contribution in [0.1, 0.15) is 17.7 Å². The first-order valence-corrected chi connectivity index (χ1v) is 3.88. The third-order valence-electron chi connectivity index (χ3n) is 1.50. The Morgan fingerprint density at radius 2 is 2.15 bits per heavy atom. The van der Waals surface area contributed by atoms with Crippen molar-refractivity contribution in [2.75, 3.05) is 5.73 Å². The topological polar surface area (TPSA) is 38.9 Å². The largest absolute Gasteiger partial charge is 0.397 e. The molecular formula is C7H6ClF3N2. The highest BCUT2D eigenvalue weighted by atomic mass is 35.5. The van der Waals surface area contributed by atoms with E-state index in [2.05, 4.69) is 4.98 Å². The zero-order chi connectivity index (χ0) is 10.0. The minimum absolute atomic E-state index is 0.0584. The van der Waals surface area contributed by atoms with Crippen molar-refractivity contribution < 1.29 is 13.2 Å². The first kappa shape index (κ1) is 10.1. The zero-order valence-corrected chi connectivity index (χ0v) is 7.15. The van der Waals surface area contributed by atoms with Crippen molar-refractivity contribution in [3.05, 3.63) is 23.3 Å². The summed E-state index contributed by atoms with van der Waals surface area (Å²) >= 11 is 5.33. The molecule has 0 amide bonds. The molecule has 1 heterocycles. The molecule has 72 valence electrons. The summed E-state index contributed by atoms with van der Waals surface area (Å²) < 4.78 is 37.0.